The van der Waals surface area contributed by atoms with Crippen molar-refractivity contribution in [2.24, 2.45) is 0 Å². The van der Waals surface area contributed by atoms with E-state index in [9.17, 15) is 4.79 Å². The van der Waals surface area contributed by atoms with Gasteiger partial charge in [0.15, 0.2) is 5.65 Å². The molecule has 1 unspecified atom stereocenters. The van der Waals surface area contributed by atoms with Gasteiger partial charge in [0, 0.05) is 0 Å². The fourth-order valence-electron chi connectivity index (χ4n) is 2.85. The van der Waals surface area contributed by atoms with Gasteiger partial charge in [0.2, 0.25) is 0 Å². The lowest BCUT2D eigenvalue weighted by atomic mass is 10.1. The average Bonchev–Trinajstić information content (AvgIpc) is 3.08. The van der Waals surface area contributed by atoms with Crippen LogP contribution >= 0.6 is 0 Å². The highest BCUT2D eigenvalue weighted by atomic mass is 16.1. The van der Waals surface area contributed by atoms with E-state index in [4.69, 9.17) is 0 Å². The van der Waals surface area contributed by atoms with Crippen LogP contribution in [0.15, 0.2) is 78.0 Å². The molecule has 4 rings (SSSR count). The monoisotopic (exact) mass is 316 g/mol. The molecule has 2 aromatic carbocycles. The number of hydrogen-bond acceptors (Lipinski definition) is 3. The standard InChI is InChI=1S/C19H16N4O/c1-14(15-8-4-2-5-9-15)22-13-20-18-17(19(22)24)12-21-23(18)16-10-6-3-7-11-16/h2-14H,1H3. The van der Waals surface area contributed by atoms with Crippen molar-refractivity contribution < 1.29 is 0 Å². The van der Waals surface area contributed by atoms with Gasteiger partial charge in [-0.05, 0) is 24.6 Å². The zero-order valence-electron chi connectivity index (χ0n) is 13.2. The maximum atomic E-state index is 12.9. The molecule has 0 aliphatic rings. The molecule has 2 aromatic heterocycles. The van der Waals surface area contributed by atoms with Crippen molar-refractivity contribution in [3.8, 4) is 5.69 Å². The molecule has 0 aliphatic heterocycles. The summed E-state index contributed by atoms with van der Waals surface area (Å²) in [6, 6.07) is 19.5. The largest absolute Gasteiger partial charge is 0.291 e. The van der Waals surface area contributed by atoms with Crippen molar-refractivity contribution in [3.05, 3.63) is 89.1 Å². The molecule has 0 spiro atoms. The summed E-state index contributed by atoms with van der Waals surface area (Å²) in [5, 5.41) is 4.86. The quantitative estimate of drug-likeness (QED) is 0.583. The summed E-state index contributed by atoms with van der Waals surface area (Å²) in [5.41, 5.74) is 2.44. The van der Waals surface area contributed by atoms with Crippen LogP contribution in [0.5, 0.6) is 0 Å². The summed E-state index contributed by atoms with van der Waals surface area (Å²) in [6.07, 6.45) is 3.19. The van der Waals surface area contributed by atoms with Crippen LogP contribution in [0.25, 0.3) is 16.7 Å². The Hall–Kier alpha value is -3.21. The maximum Gasteiger partial charge on any atom is 0.265 e. The fraction of sp³-hybridized carbons (Fsp3) is 0.105. The number of benzene rings is 2. The van der Waals surface area contributed by atoms with Crippen molar-refractivity contribution >= 4 is 11.0 Å². The second kappa shape index (κ2) is 5.77. The molecule has 0 saturated carbocycles. The Bertz CT molecular complexity index is 1040. The van der Waals surface area contributed by atoms with Gasteiger partial charge in [-0.1, -0.05) is 48.5 Å². The molecular formula is C19H16N4O. The summed E-state index contributed by atoms with van der Waals surface area (Å²) in [4.78, 5) is 17.3. The lowest BCUT2D eigenvalue weighted by molar-refractivity contribution is 0.608. The van der Waals surface area contributed by atoms with Crippen LogP contribution in [-0.2, 0) is 0 Å². The van der Waals surface area contributed by atoms with E-state index in [1.165, 1.54) is 0 Å². The Morgan fingerprint density at radius 3 is 2.33 bits per heavy atom. The third-order valence-corrected chi connectivity index (χ3v) is 4.21. The Morgan fingerprint density at radius 2 is 1.62 bits per heavy atom. The first-order valence-electron chi connectivity index (χ1n) is 7.81. The third-order valence-electron chi connectivity index (χ3n) is 4.21. The van der Waals surface area contributed by atoms with Crippen molar-refractivity contribution in [2.75, 3.05) is 0 Å². The third kappa shape index (κ3) is 2.31. The molecule has 4 aromatic rings. The van der Waals surface area contributed by atoms with E-state index in [2.05, 4.69) is 10.1 Å². The second-order valence-corrected chi connectivity index (χ2v) is 5.67. The summed E-state index contributed by atoms with van der Waals surface area (Å²) in [6.45, 7) is 1.99. The lowest BCUT2D eigenvalue weighted by Crippen LogP contribution is -2.24. The normalized spacial score (nSPS) is 12.4. The van der Waals surface area contributed by atoms with Gasteiger partial charge in [-0.25, -0.2) is 9.67 Å². The van der Waals surface area contributed by atoms with Gasteiger partial charge in [-0.15, -0.1) is 0 Å². The van der Waals surface area contributed by atoms with E-state index in [-0.39, 0.29) is 11.6 Å². The average molecular weight is 316 g/mol. The van der Waals surface area contributed by atoms with Crippen molar-refractivity contribution in [3.63, 3.8) is 0 Å². The summed E-state index contributed by atoms with van der Waals surface area (Å²) < 4.78 is 3.34. The van der Waals surface area contributed by atoms with Gasteiger partial charge < -0.3 is 0 Å². The molecule has 24 heavy (non-hydrogen) atoms. The topological polar surface area (TPSA) is 52.7 Å². The number of aromatic nitrogens is 4. The van der Waals surface area contributed by atoms with Gasteiger partial charge in [0.25, 0.3) is 5.56 Å². The predicted molar refractivity (Wildman–Crippen MR) is 93.4 cm³/mol. The highest BCUT2D eigenvalue weighted by molar-refractivity contribution is 5.74. The molecule has 5 nitrogen and oxygen atoms in total. The van der Waals surface area contributed by atoms with Gasteiger partial charge in [0.1, 0.15) is 11.7 Å². The molecule has 0 radical (unpaired) electrons. The fourth-order valence-corrected chi connectivity index (χ4v) is 2.85. The Balaban J connectivity index is 1.84. The zero-order chi connectivity index (χ0) is 16.5. The highest BCUT2D eigenvalue weighted by Crippen LogP contribution is 2.18. The first-order valence-corrected chi connectivity index (χ1v) is 7.81. The molecule has 2 heterocycles. The van der Waals surface area contributed by atoms with Crippen LogP contribution in [0, 0.1) is 0 Å². The van der Waals surface area contributed by atoms with Crippen LogP contribution in [0.3, 0.4) is 0 Å². The summed E-state index contributed by atoms with van der Waals surface area (Å²) in [7, 11) is 0. The molecule has 0 saturated heterocycles. The van der Waals surface area contributed by atoms with E-state index >= 15 is 0 Å². The van der Waals surface area contributed by atoms with Gasteiger partial charge in [-0.2, -0.15) is 5.10 Å². The molecule has 5 heteroatoms. The van der Waals surface area contributed by atoms with Gasteiger partial charge in [0.05, 0.1) is 17.9 Å². The van der Waals surface area contributed by atoms with E-state index in [1.807, 2.05) is 67.6 Å². The van der Waals surface area contributed by atoms with Crippen LogP contribution < -0.4 is 5.56 Å². The SMILES string of the molecule is CC(c1ccccc1)n1cnc2c(cnn2-c2ccccc2)c1=O. The van der Waals surface area contributed by atoms with Crippen LogP contribution in [0.4, 0.5) is 0 Å². The lowest BCUT2D eigenvalue weighted by Gasteiger charge is -2.15. The minimum absolute atomic E-state index is 0.0847. The molecular weight excluding hydrogens is 300 g/mol. The first-order chi connectivity index (χ1) is 11.8. The maximum absolute atomic E-state index is 12.9. The molecule has 1 atom stereocenters. The first kappa shape index (κ1) is 14.4. The Morgan fingerprint density at radius 1 is 0.958 bits per heavy atom. The smallest absolute Gasteiger partial charge is 0.265 e. The Labute approximate surface area is 138 Å². The Kier molecular flexibility index (Phi) is 3.46. The minimum atomic E-state index is -0.0873. The van der Waals surface area contributed by atoms with Crippen molar-refractivity contribution in [1.29, 1.82) is 0 Å². The van der Waals surface area contributed by atoms with Crippen molar-refractivity contribution in [2.45, 2.75) is 13.0 Å². The molecule has 0 aliphatic carbocycles. The summed E-state index contributed by atoms with van der Waals surface area (Å²) in [5.74, 6) is 0. The number of para-hydroxylation sites is 1. The summed E-state index contributed by atoms with van der Waals surface area (Å²) >= 11 is 0. The molecule has 0 N–H and O–H groups in total. The zero-order valence-corrected chi connectivity index (χ0v) is 13.2. The second-order valence-electron chi connectivity index (χ2n) is 5.67. The number of fused-ring (bicyclic) bond motifs is 1. The number of hydrogen-bond donors (Lipinski definition) is 0. The van der Waals surface area contributed by atoms with Crippen LogP contribution in [-0.4, -0.2) is 19.3 Å². The van der Waals surface area contributed by atoms with E-state index < -0.39 is 0 Å². The molecule has 118 valence electrons. The molecule has 0 fully saturated rings. The van der Waals surface area contributed by atoms with Gasteiger partial charge in [-0.3, -0.25) is 9.36 Å². The molecule has 0 amide bonds. The van der Waals surface area contributed by atoms with E-state index in [1.54, 1.807) is 21.8 Å². The predicted octanol–water partition coefficient (Wildman–Crippen LogP) is 3.19. The van der Waals surface area contributed by atoms with Gasteiger partial charge >= 0.3 is 0 Å². The van der Waals surface area contributed by atoms with E-state index in [0.717, 1.165) is 11.3 Å². The highest BCUT2D eigenvalue weighted by Gasteiger charge is 2.15. The number of nitrogens with zero attached hydrogens (tertiary/aromatic N) is 4. The minimum Gasteiger partial charge on any atom is -0.291 e. The van der Waals surface area contributed by atoms with E-state index in [0.29, 0.717) is 11.0 Å². The van der Waals surface area contributed by atoms with Crippen LogP contribution in [0.1, 0.15) is 18.5 Å². The van der Waals surface area contributed by atoms with Crippen molar-refractivity contribution in [1.82, 2.24) is 19.3 Å². The van der Waals surface area contributed by atoms with Crippen LogP contribution in [0.2, 0.25) is 0 Å². The molecule has 0 bridgehead atoms. The number of rotatable bonds is 3.